The molecule has 0 radical (unpaired) electrons. The highest BCUT2D eigenvalue weighted by molar-refractivity contribution is 5.94. The van der Waals surface area contributed by atoms with Crippen LogP contribution in [-0.4, -0.2) is 22.0 Å². The molecule has 18 heavy (non-hydrogen) atoms. The maximum Gasteiger partial charge on any atom is 0.310 e. The molecule has 0 fully saturated rings. The Balaban J connectivity index is 2.72. The van der Waals surface area contributed by atoms with Gasteiger partial charge in [0.1, 0.15) is 0 Å². The normalized spacial score (nSPS) is 14.0. The predicted molar refractivity (Wildman–Crippen MR) is 68.1 cm³/mol. The fraction of sp³-hybridized carbons (Fsp3) is 0.462. The molecular formula is C13H18N2O3. The van der Waals surface area contributed by atoms with Gasteiger partial charge in [-0.3, -0.25) is 14.6 Å². The lowest BCUT2D eigenvalue weighted by molar-refractivity contribution is -0.153. The van der Waals surface area contributed by atoms with E-state index in [9.17, 15) is 14.7 Å². The zero-order chi connectivity index (χ0) is 13.8. The molecule has 0 spiro atoms. The quantitative estimate of drug-likeness (QED) is 0.839. The largest absolute Gasteiger partial charge is 0.481 e. The Kier molecular flexibility index (Phi) is 4.42. The van der Waals surface area contributed by atoms with Crippen LogP contribution < -0.4 is 5.32 Å². The van der Waals surface area contributed by atoms with Crippen LogP contribution in [0.1, 0.15) is 27.2 Å². The Morgan fingerprint density at radius 3 is 2.61 bits per heavy atom. The summed E-state index contributed by atoms with van der Waals surface area (Å²) >= 11 is 0. The molecule has 1 atom stereocenters. The van der Waals surface area contributed by atoms with E-state index in [1.54, 1.807) is 39.1 Å². The van der Waals surface area contributed by atoms with Gasteiger partial charge in [-0.25, -0.2) is 0 Å². The van der Waals surface area contributed by atoms with Crippen LogP contribution in [0.15, 0.2) is 24.5 Å². The van der Waals surface area contributed by atoms with Crippen LogP contribution in [0, 0.1) is 11.3 Å². The minimum atomic E-state index is -1.06. The Bertz CT molecular complexity index is 431. The number of nitrogens with zero attached hydrogens (tertiary/aromatic N) is 1. The SMILES string of the molecule is CC(C)C(C)(CC(=O)Nc1cccnc1)C(=O)O. The van der Waals surface area contributed by atoms with Crippen molar-refractivity contribution in [2.24, 2.45) is 11.3 Å². The van der Waals surface area contributed by atoms with Crippen LogP contribution >= 0.6 is 0 Å². The molecule has 0 aliphatic rings. The van der Waals surface area contributed by atoms with E-state index in [-0.39, 0.29) is 18.2 Å². The molecule has 5 nitrogen and oxygen atoms in total. The minimum absolute atomic E-state index is 0.0606. The molecule has 0 bridgehead atoms. The van der Waals surface area contributed by atoms with E-state index in [4.69, 9.17) is 0 Å². The summed E-state index contributed by atoms with van der Waals surface area (Å²) in [6.07, 6.45) is 3.06. The monoisotopic (exact) mass is 250 g/mol. The molecule has 1 aromatic heterocycles. The average molecular weight is 250 g/mol. The number of pyridine rings is 1. The van der Waals surface area contributed by atoms with E-state index in [0.29, 0.717) is 5.69 Å². The lowest BCUT2D eigenvalue weighted by atomic mass is 9.76. The third-order valence-electron chi connectivity index (χ3n) is 3.24. The highest BCUT2D eigenvalue weighted by Gasteiger charge is 2.38. The van der Waals surface area contributed by atoms with Gasteiger partial charge >= 0.3 is 5.97 Å². The third-order valence-corrected chi connectivity index (χ3v) is 3.24. The third kappa shape index (κ3) is 3.29. The molecule has 1 aromatic rings. The van der Waals surface area contributed by atoms with E-state index in [2.05, 4.69) is 10.3 Å². The molecule has 1 heterocycles. The first-order valence-electron chi connectivity index (χ1n) is 5.79. The standard InChI is InChI=1S/C13H18N2O3/c1-9(2)13(3,12(17)18)7-11(16)15-10-5-4-6-14-8-10/h4-6,8-9H,7H2,1-3H3,(H,15,16)(H,17,18). The summed E-state index contributed by atoms with van der Waals surface area (Å²) in [5.41, 5.74) is -0.495. The summed E-state index contributed by atoms with van der Waals surface area (Å²) in [6.45, 7) is 5.18. The zero-order valence-electron chi connectivity index (χ0n) is 10.8. The average Bonchev–Trinajstić information content (AvgIpc) is 2.29. The van der Waals surface area contributed by atoms with Crippen LogP contribution in [0.3, 0.4) is 0 Å². The lowest BCUT2D eigenvalue weighted by Gasteiger charge is -2.28. The number of carboxylic acids is 1. The smallest absolute Gasteiger partial charge is 0.310 e. The number of amides is 1. The number of aliphatic carboxylic acids is 1. The summed E-state index contributed by atoms with van der Waals surface area (Å²) in [7, 11) is 0. The number of aromatic nitrogens is 1. The van der Waals surface area contributed by atoms with Crippen molar-refractivity contribution in [3.8, 4) is 0 Å². The Morgan fingerprint density at radius 1 is 1.50 bits per heavy atom. The summed E-state index contributed by atoms with van der Waals surface area (Å²) < 4.78 is 0. The van der Waals surface area contributed by atoms with Gasteiger partial charge in [0.2, 0.25) is 5.91 Å². The highest BCUT2D eigenvalue weighted by Crippen LogP contribution is 2.31. The van der Waals surface area contributed by atoms with Gasteiger partial charge in [-0.15, -0.1) is 0 Å². The lowest BCUT2D eigenvalue weighted by Crippen LogP contribution is -2.37. The number of hydrogen-bond acceptors (Lipinski definition) is 3. The van der Waals surface area contributed by atoms with Crippen molar-refractivity contribution in [1.82, 2.24) is 4.98 Å². The number of rotatable bonds is 5. The van der Waals surface area contributed by atoms with Gasteiger partial charge in [-0.1, -0.05) is 13.8 Å². The van der Waals surface area contributed by atoms with Crippen molar-refractivity contribution in [1.29, 1.82) is 0 Å². The molecule has 0 aliphatic carbocycles. The fourth-order valence-electron chi connectivity index (χ4n) is 1.50. The second-order valence-electron chi connectivity index (χ2n) is 4.84. The van der Waals surface area contributed by atoms with Crippen LogP contribution in [0.5, 0.6) is 0 Å². The topological polar surface area (TPSA) is 79.3 Å². The van der Waals surface area contributed by atoms with Gasteiger partial charge in [0, 0.05) is 12.6 Å². The number of anilines is 1. The Labute approximate surface area is 106 Å². The van der Waals surface area contributed by atoms with Crippen LogP contribution in [0.4, 0.5) is 5.69 Å². The summed E-state index contributed by atoms with van der Waals surface area (Å²) in [6, 6.07) is 3.41. The fourth-order valence-corrected chi connectivity index (χ4v) is 1.50. The second-order valence-corrected chi connectivity index (χ2v) is 4.84. The van der Waals surface area contributed by atoms with Crippen molar-refractivity contribution in [3.63, 3.8) is 0 Å². The maximum absolute atomic E-state index is 11.8. The highest BCUT2D eigenvalue weighted by atomic mass is 16.4. The first-order valence-corrected chi connectivity index (χ1v) is 5.79. The summed E-state index contributed by atoms with van der Waals surface area (Å²) in [4.78, 5) is 27.0. The molecule has 1 amide bonds. The van der Waals surface area contributed by atoms with Crippen LogP contribution in [0.2, 0.25) is 0 Å². The van der Waals surface area contributed by atoms with E-state index in [0.717, 1.165) is 0 Å². The summed E-state index contributed by atoms with van der Waals surface area (Å²) in [5.74, 6) is -1.41. The number of carbonyl (C=O) groups is 2. The first kappa shape index (κ1) is 14.2. The maximum atomic E-state index is 11.8. The number of hydrogen-bond donors (Lipinski definition) is 2. The number of carboxylic acid groups (broad SMARTS) is 1. The van der Waals surface area contributed by atoms with Crippen molar-refractivity contribution < 1.29 is 14.7 Å². The van der Waals surface area contributed by atoms with Crippen LogP contribution in [-0.2, 0) is 9.59 Å². The molecule has 98 valence electrons. The van der Waals surface area contributed by atoms with Gasteiger partial charge in [-0.05, 0) is 25.0 Å². The van der Waals surface area contributed by atoms with Gasteiger partial charge in [0.05, 0.1) is 17.3 Å². The molecule has 0 saturated carbocycles. The molecule has 0 aromatic carbocycles. The summed E-state index contributed by atoms with van der Waals surface area (Å²) in [5, 5.41) is 11.9. The molecule has 2 N–H and O–H groups in total. The van der Waals surface area contributed by atoms with Gasteiger partial charge in [0.15, 0.2) is 0 Å². The molecule has 1 unspecified atom stereocenters. The van der Waals surface area contributed by atoms with Crippen molar-refractivity contribution in [2.45, 2.75) is 27.2 Å². The van der Waals surface area contributed by atoms with Crippen molar-refractivity contribution in [2.75, 3.05) is 5.32 Å². The van der Waals surface area contributed by atoms with E-state index in [1.807, 2.05) is 0 Å². The number of carbonyl (C=O) groups excluding carboxylic acids is 1. The molecule has 1 rings (SSSR count). The predicted octanol–water partition coefficient (Wildman–Crippen LogP) is 2.16. The number of nitrogens with one attached hydrogen (secondary N) is 1. The van der Waals surface area contributed by atoms with E-state index >= 15 is 0 Å². The Hall–Kier alpha value is -1.91. The zero-order valence-corrected chi connectivity index (χ0v) is 10.8. The Morgan fingerprint density at radius 2 is 2.17 bits per heavy atom. The minimum Gasteiger partial charge on any atom is -0.481 e. The van der Waals surface area contributed by atoms with Crippen molar-refractivity contribution in [3.05, 3.63) is 24.5 Å². The molecule has 0 aliphatic heterocycles. The van der Waals surface area contributed by atoms with Crippen LogP contribution in [0.25, 0.3) is 0 Å². The molecule has 0 saturated heterocycles. The first-order chi connectivity index (χ1) is 8.36. The second kappa shape index (κ2) is 5.62. The molecular weight excluding hydrogens is 232 g/mol. The van der Waals surface area contributed by atoms with Gasteiger partial charge < -0.3 is 10.4 Å². The van der Waals surface area contributed by atoms with Gasteiger partial charge in [0.25, 0.3) is 0 Å². The van der Waals surface area contributed by atoms with E-state index < -0.39 is 11.4 Å². The molecule has 5 heteroatoms. The van der Waals surface area contributed by atoms with Gasteiger partial charge in [-0.2, -0.15) is 0 Å². The van der Waals surface area contributed by atoms with E-state index in [1.165, 1.54) is 6.20 Å². The van der Waals surface area contributed by atoms with Crippen molar-refractivity contribution >= 4 is 17.6 Å².